The van der Waals surface area contributed by atoms with Crippen LogP contribution in [-0.2, 0) is 0 Å². The van der Waals surface area contributed by atoms with Gasteiger partial charge < -0.3 is 5.73 Å². The van der Waals surface area contributed by atoms with Gasteiger partial charge in [0.25, 0.3) is 0 Å². The van der Waals surface area contributed by atoms with E-state index in [0.717, 1.165) is 5.56 Å². The molecule has 0 saturated heterocycles. The summed E-state index contributed by atoms with van der Waals surface area (Å²) in [6, 6.07) is 7.35. The third-order valence-corrected chi connectivity index (χ3v) is 2.54. The molecule has 0 aliphatic carbocycles. The summed E-state index contributed by atoms with van der Waals surface area (Å²) in [4.78, 5) is 0. The van der Waals surface area contributed by atoms with E-state index < -0.39 is 0 Å². The highest BCUT2D eigenvalue weighted by atomic mass is 35.5. The fraction of sp³-hybridized carbons (Fsp3) is 0.364. The lowest BCUT2D eigenvalue weighted by molar-refractivity contribution is 0.514. The molecule has 0 unspecified atom stereocenters. The van der Waals surface area contributed by atoms with Crippen LogP contribution in [-0.4, -0.2) is 0 Å². The van der Waals surface area contributed by atoms with Gasteiger partial charge in [-0.2, -0.15) is 5.26 Å². The van der Waals surface area contributed by atoms with Crippen LogP contribution in [0.5, 0.6) is 0 Å². The van der Waals surface area contributed by atoms with Crippen LogP contribution in [0.25, 0.3) is 0 Å². The summed E-state index contributed by atoms with van der Waals surface area (Å²) in [6.07, 6.45) is 0. The summed E-state index contributed by atoms with van der Waals surface area (Å²) >= 11 is 5.82. The third kappa shape index (κ3) is 2.25. The Morgan fingerprint density at radius 3 is 2.57 bits per heavy atom. The Bertz CT molecular complexity index is 366. The van der Waals surface area contributed by atoms with Gasteiger partial charge in [0, 0.05) is 6.04 Å². The zero-order chi connectivity index (χ0) is 10.7. The van der Waals surface area contributed by atoms with Crippen molar-refractivity contribution in [1.29, 1.82) is 5.26 Å². The third-order valence-electron chi connectivity index (χ3n) is 2.21. The quantitative estimate of drug-likeness (QED) is 0.813. The van der Waals surface area contributed by atoms with Gasteiger partial charge in [-0.05, 0) is 23.6 Å². The van der Waals surface area contributed by atoms with Crippen molar-refractivity contribution in [2.45, 2.75) is 19.9 Å². The molecule has 0 fully saturated rings. The second-order valence-electron chi connectivity index (χ2n) is 3.62. The number of nitrogens with zero attached hydrogens (tertiary/aromatic N) is 1. The molecule has 0 bridgehead atoms. The van der Waals surface area contributed by atoms with Gasteiger partial charge in [-0.15, -0.1) is 0 Å². The summed E-state index contributed by atoms with van der Waals surface area (Å²) in [5.41, 5.74) is 7.40. The summed E-state index contributed by atoms with van der Waals surface area (Å²) in [6.45, 7) is 4.09. The molecule has 3 heteroatoms. The smallest absolute Gasteiger partial charge is 0.101 e. The largest absolute Gasteiger partial charge is 0.324 e. The van der Waals surface area contributed by atoms with Crippen molar-refractivity contribution in [3.63, 3.8) is 0 Å². The molecule has 2 N–H and O–H groups in total. The van der Waals surface area contributed by atoms with Gasteiger partial charge in [0.15, 0.2) is 0 Å². The van der Waals surface area contributed by atoms with Crippen LogP contribution in [0.1, 0.15) is 31.0 Å². The average Bonchev–Trinajstić information content (AvgIpc) is 2.17. The SMILES string of the molecule is CC(C)[C@@H](N)c1ccc(Cl)c(C#N)c1. The molecule has 0 aliphatic rings. The number of hydrogen-bond acceptors (Lipinski definition) is 2. The molecule has 1 rings (SSSR count). The van der Waals surface area contributed by atoms with E-state index in [1.54, 1.807) is 12.1 Å². The number of hydrogen-bond donors (Lipinski definition) is 1. The second kappa shape index (κ2) is 4.45. The highest BCUT2D eigenvalue weighted by Crippen LogP contribution is 2.23. The Balaban J connectivity index is 3.08. The van der Waals surface area contributed by atoms with E-state index in [0.29, 0.717) is 16.5 Å². The predicted molar refractivity (Wildman–Crippen MR) is 57.9 cm³/mol. The van der Waals surface area contributed by atoms with E-state index in [-0.39, 0.29) is 6.04 Å². The minimum atomic E-state index is -0.0423. The molecule has 0 aliphatic heterocycles. The van der Waals surface area contributed by atoms with E-state index in [1.165, 1.54) is 0 Å². The van der Waals surface area contributed by atoms with Crippen LogP contribution < -0.4 is 5.73 Å². The second-order valence-corrected chi connectivity index (χ2v) is 4.03. The van der Waals surface area contributed by atoms with Crippen LogP contribution in [0.15, 0.2) is 18.2 Å². The Hall–Kier alpha value is -1.04. The van der Waals surface area contributed by atoms with Gasteiger partial charge in [0.05, 0.1) is 10.6 Å². The Morgan fingerprint density at radius 1 is 1.43 bits per heavy atom. The fourth-order valence-corrected chi connectivity index (χ4v) is 1.38. The Morgan fingerprint density at radius 2 is 2.07 bits per heavy atom. The van der Waals surface area contributed by atoms with Crippen molar-refractivity contribution in [3.05, 3.63) is 34.3 Å². The van der Waals surface area contributed by atoms with Crippen molar-refractivity contribution in [1.82, 2.24) is 0 Å². The average molecular weight is 209 g/mol. The summed E-state index contributed by atoms with van der Waals surface area (Å²) < 4.78 is 0. The van der Waals surface area contributed by atoms with Gasteiger partial charge in [0.2, 0.25) is 0 Å². The van der Waals surface area contributed by atoms with Gasteiger partial charge in [-0.3, -0.25) is 0 Å². The minimum Gasteiger partial charge on any atom is -0.324 e. The fourth-order valence-electron chi connectivity index (χ4n) is 1.22. The topological polar surface area (TPSA) is 49.8 Å². The first-order chi connectivity index (χ1) is 6.56. The maximum Gasteiger partial charge on any atom is 0.101 e. The van der Waals surface area contributed by atoms with Crippen LogP contribution >= 0.6 is 11.6 Å². The molecular weight excluding hydrogens is 196 g/mol. The first-order valence-electron chi connectivity index (χ1n) is 4.51. The van der Waals surface area contributed by atoms with E-state index in [2.05, 4.69) is 0 Å². The zero-order valence-electron chi connectivity index (χ0n) is 8.29. The number of rotatable bonds is 2. The number of benzene rings is 1. The molecule has 1 aromatic rings. The minimum absolute atomic E-state index is 0.0423. The maximum absolute atomic E-state index is 8.79. The predicted octanol–water partition coefficient (Wildman–Crippen LogP) is 2.87. The van der Waals surface area contributed by atoms with E-state index in [1.807, 2.05) is 26.0 Å². The summed E-state index contributed by atoms with van der Waals surface area (Å²) in [5, 5.41) is 9.27. The standard InChI is InChI=1S/C11H13ClN2/c1-7(2)11(14)8-3-4-10(12)9(5-8)6-13/h3-5,7,11H,14H2,1-2H3/t11-/m1/s1. The van der Waals surface area contributed by atoms with Crippen LogP contribution in [0.4, 0.5) is 0 Å². The number of nitriles is 1. The summed E-state index contributed by atoms with van der Waals surface area (Å²) in [5.74, 6) is 0.350. The van der Waals surface area contributed by atoms with E-state index in [9.17, 15) is 0 Å². The molecule has 1 aromatic carbocycles. The van der Waals surface area contributed by atoms with Crippen molar-refractivity contribution >= 4 is 11.6 Å². The zero-order valence-corrected chi connectivity index (χ0v) is 9.05. The normalized spacial score (nSPS) is 12.6. The molecule has 0 aromatic heterocycles. The Labute approximate surface area is 89.3 Å². The molecule has 1 atom stereocenters. The lowest BCUT2D eigenvalue weighted by atomic mass is 9.96. The molecule has 0 heterocycles. The molecule has 0 saturated carbocycles. The lowest BCUT2D eigenvalue weighted by Crippen LogP contribution is -2.16. The van der Waals surface area contributed by atoms with Crippen LogP contribution in [0, 0.1) is 17.2 Å². The number of nitrogens with two attached hydrogens (primary N) is 1. The first-order valence-corrected chi connectivity index (χ1v) is 4.89. The van der Waals surface area contributed by atoms with Crippen LogP contribution in [0.3, 0.4) is 0 Å². The molecule has 2 nitrogen and oxygen atoms in total. The highest BCUT2D eigenvalue weighted by molar-refractivity contribution is 6.31. The van der Waals surface area contributed by atoms with Gasteiger partial charge in [-0.1, -0.05) is 31.5 Å². The van der Waals surface area contributed by atoms with Crippen molar-refractivity contribution < 1.29 is 0 Å². The number of halogens is 1. The van der Waals surface area contributed by atoms with Crippen molar-refractivity contribution in [3.8, 4) is 6.07 Å². The molecule has 14 heavy (non-hydrogen) atoms. The highest BCUT2D eigenvalue weighted by Gasteiger charge is 2.11. The lowest BCUT2D eigenvalue weighted by Gasteiger charge is -2.16. The summed E-state index contributed by atoms with van der Waals surface area (Å²) in [7, 11) is 0. The van der Waals surface area contributed by atoms with Crippen molar-refractivity contribution in [2.24, 2.45) is 11.7 Å². The molecular formula is C11H13ClN2. The monoisotopic (exact) mass is 208 g/mol. The molecule has 0 amide bonds. The first kappa shape index (κ1) is 11.0. The van der Waals surface area contributed by atoms with Crippen molar-refractivity contribution in [2.75, 3.05) is 0 Å². The molecule has 0 spiro atoms. The molecule has 74 valence electrons. The van der Waals surface area contributed by atoms with Gasteiger partial charge in [-0.25, -0.2) is 0 Å². The van der Waals surface area contributed by atoms with Crippen LogP contribution in [0.2, 0.25) is 5.02 Å². The van der Waals surface area contributed by atoms with Gasteiger partial charge in [0.1, 0.15) is 6.07 Å². The maximum atomic E-state index is 8.79. The van der Waals surface area contributed by atoms with E-state index >= 15 is 0 Å². The van der Waals surface area contributed by atoms with Gasteiger partial charge >= 0.3 is 0 Å². The Kier molecular flexibility index (Phi) is 3.51. The van der Waals surface area contributed by atoms with E-state index in [4.69, 9.17) is 22.6 Å². The molecule has 0 radical (unpaired) electrons.